The van der Waals surface area contributed by atoms with Crippen LogP contribution in [0.15, 0.2) is 24.8 Å². The molecule has 4 aromatic rings. The lowest BCUT2D eigenvalue weighted by Gasteiger charge is -2.35. The van der Waals surface area contributed by atoms with E-state index in [9.17, 15) is 0 Å². The summed E-state index contributed by atoms with van der Waals surface area (Å²) in [5, 5.41) is 12.4. The summed E-state index contributed by atoms with van der Waals surface area (Å²) in [4.78, 5) is 22.9. The van der Waals surface area contributed by atoms with E-state index in [0.717, 1.165) is 30.9 Å². The first kappa shape index (κ1) is 17.4. The highest BCUT2D eigenvalue weighted by Crippen LogP contribution is 2.38. The summed E-state index contributed by atoms with van der Waals surface area (Å²) >= 11 is 3.22. The maximum absolute atomic E-state index is 4.87. The summed E-state index contributed by atoms with van der Waals surface area (Å²) in [5.74, 6) is 0.636. The van der Waals surface area contributed by atoms with Gasteiger partial charge >= 0.3 is 0 Å². The second-order valence-corrected chi connectivity index (χ2v) is 9.72. The van der Waals surface area contributed by atoms with Crippen LogP contribution >= 0.6 is 22.7 Å². The number of nitrogens with zero attached hydrogens (tertiary/aromatic N) is 6. The van der Waals surface area contributed by atoms with E-state index in [0.29, 0.717) is 23.9 Å². The maximum Gasteiger partial charge on any atom is 0.188 e. The molecule has 0 radical (unpaired) electrons. The highest BCUT2D eigenvalue weighted by molar-refractivity contribution is 7.29. The quantitative estimate of drug-likeness (QED) is 0.519. The fourth-order valence-corrected chi connectivity index (χ4v) is 6.39. The Bertz CT molecular complexity index is 1090. The molecule has 2 aliphatic heterocycles. The molecule has 2 bridgehead atoms. The first-order valence-electron chi connectivity index (χ1n) is 9.81. The molecule has 2 fully saturated rings. The Balaban J connectivity index is 1.23. The molecular formula is C19H20N8S2. The topological polar surface area (TPSA) is 95.5 Å². The van der Waals surface area contributed by atoms with E-state index in [1.54, 1.807) is 41.3 Å². The molecule has 0 spiro atoms. The third kappa shape index (κ3) is 3.11. The Labute approximate surface area is 175 Å². The molecule has 2 aliphatic rings. The summed E-state index contributed by atoms with van der Waals surface area (Å²) in [5.41, 5.74) is 1.90. The highest BCUT2D eigenvalue weighted by Gasteiger charge is 2.36. The van der Waals surface area contributed by atoms with Gasteiger partial charge in [0.15, 0.2) is 25.6 Å². The van der Waals surface area contributed by atoms with Crippen molar-refractivity contribution in [2.75, 3.05) is 11.9 Å². The molecule has 10 heteroatoms. The van der Waals surface area contributed by atoms with E-state index in [2.05, 4.69) is 37.4 Å². The number of rotatable bonds is 4. The zero-order valence-electron chi connectivity index (χ0n) is 15.9. The van der Waals surface area contributed by atoms with Gasteiger partial charge in [-0.15, -0.1) is 0 Å². The van der Waals surface area contributed by atoms with E-state index in [1.807, 2.05) is 6.20 Å². The van der Waals surface area contributed by atoms with Crippen LogP contribution in [-0.4, -0.2) is 55.3 Å². The number of aromatic nitrogens is 6. The lowest BCUT2D eigenvalue weighted by atomic mass is 9.99. The second kappa shape index (κ2) is 6.82. The van der Waals surface area contributed by atoms with Gasteiger partial charge in [-0.2, -0.15) is 5.10 Å². The summed E-state index contributed by atoms with van der Waals surface area (Å²) in [6, 6.07) is 1.91. The number of nitrogens with one attached hydrogen (secondary N) is 2. The minimum atomic E-state index is 0.562. The van der Waals surface area contributed by atoms with Crippen molar-refractivity contribution in [3.8, 4) is 22.0 Å². The van der Waals surface area contributed by atoms with Crippen molar-refractivity contribution in [1.82, 2.24) is 35.5 Å². The van der Waals surface area contributed by atoms with Crippen molar-refractivity contribution in [1.29, 1.82) is 0 Å². The molecule has 8 nitrogen and oxygen atoms in total. The lowest BCUT2D eigenvalue weighted by molar-refractivity contribution is 0.354. The number of aromatic amines is 1. The Morgan fingerprint density at radius 3 is 2.41 bits per heavy atom. The van der Waals surface area contributed by atoms with Gasteiger partial charge in [-0.3, -0.25) is 5.10 Å². The molecular weight excluding hydrogens is 404 g/mol. The first-order valence-corrected chi connectivity index (χ1v) is 11.4. The van der Waals surface area contributed by atoms with Gasteiger partial charge in [-0.05, 0) is 25.7 Å². The van der Waals surface area contributed by atoms with Crippen LogP contribution in [0.5, 0.6) is 0 Å². The number of fused-ring (bicyclic) bond motifs is 3. The van der Waals surface area contributed by atoms with Crippen molar-refractivity contribution in [3.05, 3.63) is 24.8 Å². The lowest BCUT2D eigenvalue weighted by Crippen LogP contribution is -2.47. The van der Waals surface area contributed by atoms with E-state index in [4.69, 9.17) is 9.97 Å². The van der Waals surface area contributed by atoms with Crippen LogP contribution in [0, 0.1) is 0 Å². The number of hydrogen-bond donors (Lipinski definition) is 2. The monoisotopic (exact) mass is 424 g/mol. The standard InChI is InChI=1S/C19H20N8S2/c1-27(14-4-12-2-3-13(5-14)24-12)19-26-18-17(29-19)25-16(28-18)15-20-6-10(7-21-15)11-8-22-23-9-11/h6-9,12-14,24H,2-5H2,1H3,(H,22,23)/t12-,13+,14-. The minimum Gasteiger partial charge on any atom is -0.348 e. The number of thiazole rings is 2. The van der Waals surface area contributed by atoms with Crippen molar-refractivity contribution in [2.24, 2.45) is 0 Å². The van der Waals surface area contributed by atoms with Gasteiger partial charge in [0.25, 0.3) is 0 Å². The number of hydrogen-bond acceptors (Lipinski definition) is 9. The first-order chi connectivity index (χ1) is 14.2. The summed E-state index contributed by atoms with van der Waals surface area (Å²) < 4.78 is 0. The number of anilines is 1. The van der Waals surface area contributed by atoms with Crippen molar-refractivity contribution in [3.63, 3.8) is 0 Å². The van der Waals surface area contributed by atoms with Crippen LogP contribution < -0.4 is 10.2 Å². The zero-order chi connectivity index (χ0) is 19.4. The Hall–Kier alpha value is -2.43. The minimum absolute atomic E-state index is 0.562. The van der Waals surface area contributed by atoms with Gasteiger partial charge in [-0.25, -0.2) is 19.9 Å². The van der Waals surface area contributed by atoms with Gasteiger partial charge in [0.1, 0.15) is 0 Å². The molecule has 2 saturated heterocycles. The average molecular weight is 425 g/mol. The molecule has 3 atom stereocenters. The van der Waals surface area contributed by atoms with Crippen LogP contribution in [0.25, 0.3) is 31.6 Å². The molecule has 0 aliphatic carbocycles. The van der Waals surface area contributed by atoms with Gasteiger partial charge in [0.2, 0.25) is 0 Å². The molecule has 2 N–H and O–H groups in total. The Kier molecular flexibility index (Phi) is 4.10. The molecule has 148 valence electrons. The zero-order valence-corrected chi connectivity index (χ0v) is 17.5. The summed E-state index contributed by atoms with van der Waals surface area (Å²) in [6.07, 6.45) is 12.2. The molecule has 0 amide bonds. The fraction of sp³-hybridized carbons (Fsp3) is 0.421. The fourth-order valence-electron chi connectivity index (χ4n) is 4.37. The van der Waals surface area contributed by atoms with Crippen LogP contribution in [0.2, 0.25) is 0 Å². The smallest absolute Gasteiger partial charge is 0.188 e. The summed E-state index contributed by atoms with van der Waals surface area (Å²) in [7, 11) is 2.18. The number of H-pyrrole nitrogens is 1. The van der Waals surface area contributed by atoms with Gasteiger partial charge in [0.05, 0.1) is 6.20 Å². The molecule has 0 unspecified atom stereocenters. The van der Waals surface area contributed by atoms with Crippen molar-refractivity contribution >= 4 is 37.5 Å². The van der Waals surface area contributed by atoms with E-state index in [-0.39, 0.29) is 0 Å². The van der Waals surface area contributed by atoms with Crippen molar-refractivity contribution < 1.29 is 0 Å². The molecule has 4 aromatic heterocycles. The third-order valence-corrected chi connectivity index (χ3v) is 8.05. The normalized spacial score (nSPS) is 23.7. The van der Waals surface area contributed by atoms with Crippen LogP contribution in [0.3, 0.4) is 0 Å². The van der Waals surface area contributed by atoms with Gasteiger partial charge in [0, 0.05) is 54.9 Å². The molecule has 0 saturated carbocycles. The second-order valence-electron chi connectivity index (χ2n) is 7.78. The maximum atomic E-state index is 4.87. The van der Waals surface area contributed by atoms with Crippen LogP contribution in [0.4, 0.5) is 5.13 Å². The third-order valence-electron chi connectivity index (χ3n) is 5.94. The number of piperidine rings is 1. The summed E-state index contributed by atoms with van der Waals surface area (Å²) in [6.45, 7) is 0. The van der Waals surface area contributed by atoms with Crippen molar-refractivity contribution in [2.45, 2.75) is 43.8 Å². The molecule has 0 aromatic carbocycles. The van der Waals surface area contributed by atoms with Crippen LogP contribution in [-0.2, 0) is 0 Å². The Morgan fingerprint density at radius 2 is 1.72 bits per heavy atom. The van der Waals surface area contributed by atoms with E-state index < -0.39 is 0 Å². The van der Waals surface area contributed by atoms with Gasteiger partial charge in [-0.1, -0.05) is 22.7 Å². The SMILES string of the molecule is CN(c1nc2sc(-c3ncc(-c4cn[nH]c4)cn3)nc2s1)[C@@H]1C[C@H]2CC[C@@H](C1)N2. The predicted octanol–water partition coefficient (Wildman–Crippen LogP) is 3.32. The molecule has 29 heavy (non-hydrogen) atoms. The van der Waals surface area contributed by atoms with Crippen LogP contribution in [0.1, 0.15) is 25.7 Å². The van der Waals surface area contributed by atoms with E-state index >= 15 is 0 Å². The van der Waals surface area contributed by atoms with E-state index in [1.165, 1.54) is 25.7 Å². The predicted molar refractivity (Wildman–Crippen MR) is 115 cm³/mol. The Morgan fingerprint density at radius 1 is 0.966 bits per heavy atom. The highest BCUT2D eigenvalue weighted by atomic mass is 32.1. The van der Waals surface area contributed by atoms with Gasteiger partial charge < -0.3 is 10.2 Å². The molecule has 6 rings (SSSR count). The average Bonchev–Trinajstić information content (AvgIpc) is 3.51. The largest absolute Gasteiger partial charge is 0.348 e. The molecule has 6 heterocycles.